The standard InChI is InChI=1S/C27H31FN4.C26H31FN2O.C15H16FNO.C14H14FNO/c1-30-18-24(23-17-20(28)7-10-26(23)30)19-5-8-21(9-6-19)31-13-15-32(16-14-31)27-4-2-3-25-22(27)11-12-29-25;1-30-26-5-3-2-4-25(26)29-16-14-28(15-17-29)22-11-7-19(8-12-22)23-13-9-20-6-10-21(27)18-24(20)23;1-17-9-14(10-2-5-12(18)6-3-10)13-8-11(16)4-7-15(13)17;15-10-3-6-14-12(7-10)13(8-16-14)9-1-4-11(17)5-2-9/h2-4,7,10-12,17-19,21,29H,5-6,8-9,13-16H2,1H3;2-6,10,13,18-19,22H,7-9,11-12,14-17H2,1H3;4,7-10H,2-3,5-6H2,1H3;3,6-9,16H,1-2,4-5H2. The molecule has 6 heterocycles. The normalized spacial score (nSPS) is 21.5. The lowest BCUT2D eigenvalue weighted by Gasteiger charge is -2.43. The molecule has 15 heteroatoms. The highest BCUT2D eigenvalue weighted by Gasteiger charge is 2.34. The number of benzene rings is 6. The van der Waals surface area contributed by atoms with Crippen molar-refractivity contribution in [2.45, 2.75) is 139 Å². The molecule has 5 aliphatic carbocycles. The van der Waals surface area contributed by atoms with E-state index in [9.17, 15) is 27.2 Å². The van der Waals surface area contributed by atoms with Gasteiger partial charge < -0.3 is 33.6 Å². The molecule has 0 atom stereocenters. The molecule has 0 bridgehead atoms. The number of aryl methyl sites for hydroxylation is 2. The Morgan fingerprint density at radius 1 is 0.443 bits per heavy atom. The van der Waals surface area contributed by atoms with Crippen LogP contribution in [0, 0.1) is 29.2 Å². The number of allylic oxidation sites excluding steroid dienone is 2. The number of hydrogen-bond acceptors (Lipinski definition) is 7. The number of fused-ring (bicyclic) bond motifs is 5. The predicted molar refractivity (Wildman–Crippen MR) is 384 cm³/mol. The largest absolute Gasteiger partial charge is 0.495 e. The maximum absolute atomic E-state index is 13.9. The number of carbonyl (C=O) groups is 2. The fourth-order valence-corrected chi connectivity index (χ4v) is 17.5. The molecule has 2 N–H and O–H groups in total. The van der Waals surface area contributed by atoms with Crippen molar-refractivity contribution in [1.82, 2.24) is 28.9 Å². The molecule has 0 unspecified atom stereocenters. The number of ketones is 2. The molecular weight excluding hydrogens is 1220 g/mol. The van der Waals surface area contributed by atoms with Gasteiger partial charge in [-0.2, -0.15) is 0 Å². The molecule has 4 saturated carbocycles. The van der Waals surface area contributed by atoms with Crippen LogP contribution < -0.4 is 14.5 Å². The second kappa shape index (κ2) is 29.4. The summed E-state index contributed by atoms with van der Waals surface area (Å²) in [7, 11) is 5.81. The first-order valence-corrected chi connectivity index (χ1v) is 35.7. The van der Waals surface area contributed by atoms with E-state index in [2.05, 4.69) is 96.1 Å². The molecule has 2 aliphatic heterocycles. The number of methoxy groups -OCH3 is 1. The quantitative estimate of drug-likeness (QED) is 0.139. The Kier molecular flexibility index (Phi) is 19.9. The lowest BCUT2D eigenvalue weighted by molar-refractivity contribution is -0.121. The van der Waals surface area contributed by atoms with E-state index in [1.807, 2.05) is 54.3 Å². The molecule has 0 spiro atoms. The topological polar surface area (TPSA) is 97.8 Å². The van der Waals surface area contributed by atoms with Crippen LogP contribution in [-0.4, -0.2) is 112 Å². The Hall–Kier alpha value is -8.40. The summed E-state index contributed by atoms with van der Waals surface area (Å²) in [6.45, 7) is 8.79. The zero-order chi connectivity index (χ0) is 66.7. The van der Waals surface area contributed by atoms with Crippen LogP contribution in [0.5, 0.6) is 5.75 Å². The summed E-state index contributed by atoms with van der Waals surface area (Å²) < 4.78 is 64.1. The average molecular weight is 1310 g/mol. The minimum atomic E-state index is -0.203. The van der Waals surface area contributed by atoms with Gasteiger partial charge in [0.25, 0.3) is 0 Å². The second-order valence-corrected chi connectivity index (χ2v) is 28.4. The molecule has 0 amide bonds. The number of piperazine rings is 2. The van der Waals surface area contributed by atoms with Crippen molar-refractivity contribution >= 4 is 72.1 Å². The number of halogens is 4. The molecular formula is C82H92F4N8O3. The number of H-pyrrole nitrogens is 2. The van der Waals surface area contributed by atoms with Crippen molar-refractivity contribution < 1.29 is 31.9 Å². The van der Waals surface area contributed by atoms with Crippen LogP contribution in [0.1, 0.15) is 148 Å². The monoisotopic (exact) mass is 1310 g/mol. The van der Waals surface area contributed by atoms with Crippen molar-refractivity contribution in [3.05, 3.63) is 203 Å². The zero-order valence-corrected chi connectivity index (χ0v) is 56.5. The zero-order valence-electron chi connectivity index (χ0n) is 56.5. The van der Waals surface area contributed by atoms with Gasteiger partial charge in [0.1, 0.15) is 40.6 Å². The number of carbonyl (C=O) groups excluding carboxylic acids is 2. The van der Waals surface area contributed by atoms with Gasteiger partial charge in [-0.1, -0.05) is 30.3 Å². The Bertz CT molecular complexity index is 4430. The molecule has 0 radical (unpaired) electrons. The van der Waals surface area contributed by atoms with Crippen LogP contribution in [0.2, 0.25) is 0 Å². The third-order valence-electron chi connectivity index (χ3n) is 22.8. The number of Topliss-reactive ketones (excluding diaryl/α,β-unsaturated/α-hetero) is 2. The maximum atomic E-state index is 13.9. The smallest absolute Gasteiger partial charge is 0.142 e. The van der Waals surface area contributed by atoms with E-state index >= 15 is 0 Å². The van der Waals surface area contributed by atoms with E-state index in [4.69, 9.17) is 4.74 Å². The van der Waals surface area contributed by atoms with Crippen LogP contribution in [0.15, 0.2) is 152 Å². The molecule has 97 heavy (non-hydrogen) atoms. The molecule has 10 aromatic rings. The van der Waals surface area contributed by atoms with Gasteiger partial charge in [0, 0.05) is 178 Å². The summed E-state index contributed by atoms with van der Waals surface area (Å²) in [5.41, 5.74) is 14.5. The van der Waals surface area contributed by atoms with Crippen molar-refractivity contribution in [2.24, 2.45) is 20.0 Å². The van der Waals surface area contributed by atoms with Gasteiger partial charge in [0.05, 0.1) is 12.8 Å². The Morgan fingerprint density at radius 2 is 0.928 bits per heavy atom. The highest BCUT2D eigenvalue weighted by molar-refractivity contribution is 5.93. The fraction of sp³-hybridized carbons (Fsp3) is 0.415. The van der Waals surface area contributed by atoms with E-state index in [0.29, 0.717) is 73.0 Å². The van der Waals surface area contributed by atoms with Gasteiger partial charge in [-0.3, -0.25) is 19.4 Å². The maximum Gasteiger partial charge on any atom is 0.142 e. The number of aromatic nitrogens is 4. The fourth-order valence-electron chi connectivity index (χ4n) is 17.5. The van der Waals surface area contributed by atoms with E-state index in [-0.39, 0.29) is 23.3 Å². The first-order chi connectivity index (χ1) is 47.3. The molecule has 6 aromatic carbocycles. The van der Waals surface area contributed by atoms with Gasteiger partial charge in [0.15, 0.2) is 0 Å². The third kappa shape index (κ3) is 14.5. The summed E-state index contributed by atoms with van der Waals surface area (Å²) in [6.07, 6.45) is 27.7. The summed E-state index contributed by atoms with van der Waals surface area (Å²) in [5.74, 6) is 2.97. The number of hydrogen-bond donors (Lipinski definition) is 2. The highest BCUT2D eigenvalue weighted by Crippen LogP contribution is 2.44. The van der Waals surface area contributed by atoms with E-state index < -0.39 is 0 Å². The molecule has 6 fully saturated rings. The van der Waals surface area contributed by atoms with Crippen molar-refractivity contribution in [3.8, 4) is 5.75 Å². The van der Waals surface area contributed by atoms with Gasteiger partial charge in [-0.25, -0.2) is 17.6 Å². The molecule has 17 rings (SSSR count). The van der Waals surface area contributed by atoms with Crippen LogP contribution in [-0.2, 0) is 30.1 Å². The molecule has 4 aromatic heterocycles. The molecule has 11 nitrogen and oxygen atoms in total. The first-order valence-electron chi connectivity index (χ1n) is 35.7. The lowest BCUT2D eigenvalue weighted by Crippen LogP contribution is -2.51. The molecule has 7 aliphatic rings. The van der Waals surface area contributed by atoms with E-state index in [1.54, 1.807) is 49.6 Å². The average Bonchev–Trinajstić information content (AvgIpc) is 1.67. The van der Waals surface area contributed by atoms with E-state index in [1.165, 1.54) is 114 Å². The van der Waals surface area contributed by atoms with Crippen molar-refractivity contribution in [3.63, 3.8) is 0 Å². The molecule has 506 valence electrons. The highest BCUT2D eigenvalue weighted by atomic mass is 19.1. The molecule has 2 saturated heterocycles. The van der Waals surface area contributed by atoms with Gasteiger partial charge in [-0.15, -0.1) is 0 Å². The van der Waals surface area contributed by atoms with Gasteiger partial charge >= 0.3 is 0 Å². The summed E-state index contributed by atoms with van der Waals surface area (Å²) in [6, 6.07) is 38.7. The van der Waals surface area contributed by atoms with Crippen molar-refractivity contribution in [2.75, 3.05) is 69.3 Å². The number of ether oxygens (including phenoxy) is 1. The van der Waals surface area contributed by atoms with Crippen molar-refractivity contribution in [1.29, 1.82) is 0 Å². The van der Waals surface area contributed by atoms with E-state index in [0.717, 1.165) is 128 Å². The second-order valence-electron chi connectivity index (χ2n) is 28.4. The SMILES string of the molecule is COc1ccccc1N1CCN(C2CCC(C3=CCc4ccc(F)cc43)CC2)CC1.Cn1cc(C2CCC(=O)CC2)c2cc(F)ccc21.Cn1cc(C2CCC(N3CCN(c4cccc5[nH]ccc45)CC3)CC2)c2cc(F)ccc21.O=C1CCC(c2c[nH]c3ccc(F)cc23)CC1. The Balaban J connectivity index is 0.000000115. The number of nitrogens with one attached hydrogen (secondary N) is 2. The number of aromatic amines is 2. The first kappa shape index (κ1) is 65.9. The summed E-state index contributed by atoms with van der Waals surface area (Å²) in [4.78, 5) is 39.4. The Labute approximate surface area is 567 Å². The third-order valence-corrected chi connectivity index (χ3v) is 22.8. The van der Waals surface area contributed by atoms with Crippen LogP contribution in [0.3, 0.4) is 0 Å². The van der Waals surface area contributed by atoms with Gasteiger partial charge in [0.2, 0.25) is 0 Å². The lowest BCUT2D eigenvalue weighted by atomic mass is 9.79. The van der Waals surface area contributed by atoms with Gasteiger partial charge in [-0.05, 0) is 238 Å². The number of rotatable bonds is 9. The summed E-state index contributed by atoms with van der Waals surface area (Å²) in [5, 5.41) is 4.39. The number of anilines is 2. The number of para-hydroxylation sites is 2. The van der Waals surface area contributed by atoms with Crippen LogP contribution >= 0.6 is 0 Å². The minimum absolute atomic E-state index is 0.108. The van der Waals surface area contributed by atoms with Crippen LogP contribution in [0.25, 0.3) is 49.2 Å². The van der Waals surface area contributed by atoms with Crippen LogP contribution in [0.4, 0.5) is 28.9 Å². The number of nitrogens with zero attached hydrogens (tertiary/aromatic N) is 6. The Morgan fingerprint density at radius 3 is 1.52 bits per heavy atom. The minimum Gasteiger partial charge on any atom is -0.495 e. The summed E-state index contributed by atoms with van der Waals surface area (Å²) >= 11 is 0. The predicted octanol–water partition coefficient (Wildman–Crippen LogP) is 17.9.